The Morgan fingerprint density at radius 1 is 1.19 bits per heavy atom. The second kappa shape index (κ2) is 6.58. The van der Waals surface area contributed by atoms with Gasteiger partial charge in [0.05, 0.1) is 11.7 Å². The standard InChI is InChI=1S/C27H41NO2Si/c1-11-26(7)17-27(29)19-16-28(8)20-14-12-13-18(23(19)20)25(5,6)21(27)15-22(26)30-31(9,10)24(2,3)4/h11-14,16,21-22,29H,1,15,17H2,2-10H3/t21-,22-,26-,27+/m1/s1. The lowest BCUT2D eigenvalue weighted by Crippen LogP contribution is -2.60. The maximum absolute atomic E-state index is 12.4. The lowest BCUT2D eigenvalue weighted by atomic mass is 9.50. The highest BCUT2D eigenvalue weighted by Gasteiger charge is 2.61. The highest BCUT2D eigenvalue weighted by molar-refractivity contribution is 6.74. The monoisotopic (exact) mass is 439 g/mol. The van der Waals surface area contributed by atoms with E-state index in [0.717, 1.165) is 12.0 Å². The Morgan fingerprint density at radius 2 is 1.84 bits per heavy atom. The second-order valence-electron chi connectivity index (χ2n) is 12.5. The summed E-state index contributed by atoms with van der Waals surface area (Å²) in [5, 5.41) is 13.8. The lowest BCUT2D eigenvalue weighted by molar-refractivity contribution is -0.149. The maximum atomic E-state index is 12.4. The van der Waals surface area contributed by atoms with Crippen LogP contribution < -0.4 is 0 Å². The van der Waals surface area contributed by atoms with Crippen molar-refractivity contribution in [1.82, 2.24) is 4.57 Å². The van der Waals surface area contributed by atoms with Crippen LogP contribution in [0.5, 0.6) is 0 Å². The summed E-state index contributed by atoms with van der Waals surface area (Å²) in [6.45, 7) is 22.6. The number of benzene rings is 1. The average molecular weight is 440 g/mol. The predicted octanol–water partition coefficient (Wildman–Crippen LogP) is 6.65. The molecule has 0 amide bonds. The van der Waals surface area contributed by atoms with Gasteiger partial charge >= 0.3 is 0 Å². The van der Waals surface area contributed by atoms with Crippen LogP contribution in [-0.2, 0) is 22.5 Å². The van der Waals surface area contributed by atoms with Crippen LogP contribution >= 0.6 is 0 Å². The number of aromatic nitrogens is 1. The molecule has 0 unspecified atom stereocenters. The van der Waals surface area contributed by atoms with Gasteiger partial charge in [-0.15, -0.1) is 6.58 Å². The first kappa shape index (κ1) is 22.8. The average Bonchev–Trinajstić information content (AvgIpc) is 2.99. The largest absolute Gasteiger partial charge is 0.413 e. The number of nitrogens with zero attached hydrogens (tertiary/aromatic N) is 1. The summed E-state index contributed by atoms with van der Waals surface area (Å²) < 4.78 is 9.23. The van der Waals surface area contributed by atoms with E-state index in [-0.39, 0.29) is 27.9 Å². The van der Waals surface area contributed by atoms with Crippen LogP contribution in [-0.4, -0.2) is 24.1 Å². The molecule has 1 heterocycles. The number of hydrogen-bond acceptors (Lipinski definition) is 2. The van der Waals surface area contributed by atoms with Crippen molar-refractivity contribution in [3.05, 3.63) is 48.2 Å². The topological polar surface area (TPSA) is 34.4 Å². The van der Waals surface area contributed by atoms with Crippen molar-refractivity contribution in [2.75, 3.05) is 0 Å². The van der Waals surface area contributed by atoms with Gasteiger partial charge < -0.3 is 14.1 Å². The van der Waals surface area contributed by atoms with Gasteiger partial charge in [-0.25, -0.2) is 0 Å². The number of aryl methyl sites for hydroxylation is 1. The van der Waals surface area contributed by atoms with Crippen molar-refractivity contribution in [2.45, 2.75) is 89.6 Å². The van der Waals surface area contributed by atoms with E-state index in [1.807, 2.05) is 6.08 Å². The third kappa shape index (κ3) is 3.05. The zero-order valence-corrected chi connectivity index (χ0v) is 22.0. The summed E-state index contributed by atoms with van der Waals surface area (Å²) in [4.78, 5) is 0. The van der Waals surface area contributed by atoms with Gasteiger partial charge in [-0.1, -0.05) is 59.8 Å². The van der Waals surface area contributed by atoms with Crippen LogP contribution in [0.15, 0.2) is 37.1 Å². The Labute approximate surface area is 189 Å². The van der Waals surface area contributed by atoms with Crippen molar-refractivity contribution in [1.29, 1.82) is 0 Å². The van der Waals surface area contributed by atoms with E-state index in [1.165, 1.54) is 16.5 Å². The molecule has 3 nitrogen and oxygen atoms in total. The lowest BCUT2D eigenvalue weighted by Gasteiger charge is -2.59. The molecule has 2 aliphatic carbocycles. The summed E-state index contributed by atoms with van der Waals surface area (Å²) in [6, 6.07) is 6.59. The Morgan fingerprint density at radius 3 is 2.42 bits per heavy atom. The van der Waals surface area contributed by atoms with Crippen molar-refractivity contribution in [2.24, 2.45) is 18.4 Å². The van der Waals surface area contributed by atoms with Gasteiger partial charge in [0, 0.05) is 41.0 Å². The molecule has 1 aromatic carbocycles. The molecule has 4 atom stereocenters. The molecule has 1 N–H and O–H groups in total. The van der Waals surface area contributed by atoms with Gasteiger partial charge in [0.15, 0.2) is 8.32 Å². The molecule has 0 saturated heterocycles. The van der Waals surface area contributed by atoms with Crippen molar-refractivity contribution < 1.29 is 9.53 Å². The van der Waals surface area contributed by atoms with Crippen LogP contribution in [0.25, 0.3) is 10.9 Å². The van der Waals surface area contributed by atoms with Gasteiger partial charge in [-0.2, -0.15) is 0 Å². The molecular formula is C27H41NO2Si. The maximum Gasteiger partial charge on any atom is 0.192 e. The van der Waals surface area contributed by atoms with E-state index >= 15 is 0 Å². The molecule has 0 bridgehead atoms. The van der Waals surface area contributed by atoms with Crippen LogP contribution in [0.4, 0.5) is 0 Å². The SMILES string of the molecule is C=C[C@]1(C)C[C@]2(O)c3cn(C)c4cccc(c34)C(C)(C)[C@H]2C[C@H]1O[Si](C)(C)C(C)(C)C. The van der Waals surface area contributed by atoms with Gasteiger partial charge in [-0.05, 0) is 48.0 Å². The first-order valence-corrected chi connectivity index (χ1v) is 14.6. The Bertz CT molecular complexity index is 1040. The molecule has 1 aromatic heterocycles. The first-order valence-electron chi connectivity index (χ1n) is 11.7. The van der Waals surface area contributed by atoms with E-state index in [2.05, 4.69) is 97.2 Å². The van der Waals surface area contributed by atoms with Crippen LogP contribution in [0, 0.1) is 11.3 Å². The zero-order valence-electron chi connectivity index (χ0n) is 21.0. The van der Waals surface area contributed by atoms with Crippen LogP contribution in [0.3, 0.4) is 0 Å². The Hall–Kier alpha value is -1.36. The molecule has 1 saturated carbocycles. The summed E-state index contributed by atoms with van der Waals surface area (Å²) in [5.41, 5.74) is 2.30. The van der Waals surface area contributed by atoms with Crippen LogP contribution in [0.2, 0.25) is 18.1 Å². The number of rotatable bonds is 3. The molecule has 1 fully saturated rings. The minimum absolute atomic E-state index is 0.0555. The number of fused-ring (bicyclic) bond motifs is 2. The first-order chi connectivity index (χ1) is 14.1. The molecule has 4 heteroatoms. The van der Waals surface area contributed by atoms with Gasteiger partial charge in [-0.3, -0.25) is 0 Å². The smallest absolute Gasteiger partial charge is 0.192 e. The van der Waals surface area contributed by atoms with Crippen LogP contribution in [0.1, 0.15) is 65.5 Å². The normalized spacial score (nSPS) is 32.7. The predicted molar refractivity (Wildman–Crippen MR) is 133 cm³/mol. The zero-order chi connectivity index (χ0) is 23.2. The van der Waals surface area contributed by atoms with Crippen molar-refractivity contribution in [3.63, 3.8) is 0 Å². The molecule has 4 rings (SSSR count). The highest BCUT2D eigenvalue weighted by atomic mass is 28.4. The van der Waals surface area contributed by atoms with E-state index in [9.17, 15) is 5.11 Å². The number of aliphatic hydroxyl groups is 1. The molecular weight excluding hydrogens is 398 g/mol. The molecule has 2 aliphatic rings. The van der Waals surface area contributed by atoms with Crippen molar-refractivity contribution >= 4 is 19.2 Å². The van der Waals surface area contributed by atoms with Crippen molar-refractivity contribution in [3.8, 4) is 0 Å². The second-order valence-corrected chi connectivity index (χ2v) is 17.3. The van der Waals surface area contributed by atoms with Gasteiger partial charge in [0.25, 0.3) is 0 Å². The highest BCUT2D eigenvalue weighted by Crippen LogP contribution is 2.62. The summed E-state index contributed by atoms with van der Waals surface area (Å²) >= 11 is 0. The quantitative estimate of drug-likeness (QED) is 0.429. The Kier molecular flexibility index (Phi) is 4.85. The van der Waals surface area contributed by atoms with E-state index in [4.69, 9.17) is 4.43 Å². The molecule has 2 aromatic rings. The summed E-state index contributed by atoms with van der Waals surface area (Å²) in [6.07, 6.45) is 5.75. The molecule has 0 radical (unpaired) electrons. The van der Waals surface area contributed by atoms with E-state index in [1.54, 1.807) is 0 Å². The molecule has 0 aliphatic heterocycles. The van der Waals surface area contributed by atoms with E-state index < -0.39 is 13.9 Å². The molecule has 0 spiro atoms. The minimum atomic E-state index is -1.97. The fraction of sp³-hybridized carbons (Fsp3) is 0.630. The summed E-state index contributed by atoms with van der Waals surface area (Å²) in [5.74, 6) is 0.0864. The van der Waals surface area contributed by atoms with E-state index in [0.29, 0.717) is 6.42 Å². The Balaban J connectivity index is 1.88. The fourth-order valence-corrected chi connectivity index (χ4v) is 7.52. The third-order valence-electron chi connectivity index (χ3n) is 9.17. The van der Waals surface area contributed by atoms with Gasteiger partial charge in [0.1, 0.15) is 0 Å². The summed E-state index contributed by atoms with van der Waals surface area (Å²) in [7, 11) is 0.114. The molecule has 170 valence electrons. The number of hydrogen-bond donors (Lipinski definition) is 1. The minimum Gasteiger partial charge on any atom is -0.413 e. The molecule has 31 heavy (non-hydrogen) atoms. The van der Waals surface area contributed by atoms with Gasteiger partial charge in [0.2, 0.25) is 0 Å². The fourth-order valence-electron chi connectivity index (χ4n) is 6.09. The third-order valence-corrected chi connectivity index (χ3v) is 13.7.